The molecule has 0 spiro atoms. The van der Waals surface area contributed by atoms with Crippen LogP contribution in [0.2, 0.25) is 0 Å². The Balaban J connectivity index is 3.43. The molecule has 0 aliphatic carbocycles. The number of nitriles is 1. The molecule has 1 aromatic heterocycles. The highest BCUT2D eigenvalue weighted by molar-refractivity contribution is 5.38. The van der Waals surface area contributed by atoms with E-state index in [4.69, 9.17) is 5.26 Å². The highest BCUT2D eigenvalue weighted by atomic mass is 19.3. The van der Waals surface area contributed by atoms with Crippen LogP contribution in [0.5, 0.6) is 0 Å². The number of aromatic nitrogens is 1. The van der Waals surface area contributed by atoms with E-state index in [0.29, 0.717) is 0 Å². The zero-order valence-electron chi connectivity index (χ0n) is 6.68. The van der Waals surface area contributed by atoms with Crippen LogP contribution in [-0.4, -0.2) is 4.98 Å². The third-order valence-electron chi connectivity index (χ3n) is 1.65. The van der Waals surface area contributed by atoms with Crippen LogP contribution in [0.1, 0.15) is 23.2 Å². The van der Waals surface area contributed by atoms with E-state index >= 15 is 0 Å². The zero-order chi connectivity index (χ0) is 10.0. The molecule has 0 aromatic carbocycles. The molecule has 2 nitrogen and oxygen atoms in total. The lowest BCUT2D eigenvalue weighted by atomic mass is 10.1. The minimum Gasteiger partial charge on any atom is -0.242 e. The molecule has 68 valence electrons. The van der Waals surface area contributed by atoms with Gasteiger partial charge in [-0.15, -0.1) is 0 Å². The molecular weight excluding hydrogens is 181 g/mol. The topological polar surface area (TPSA) is 36.7 Å². The van der Waals surface area contributed by atoms with Gasteiger partial charge < -0.3 is 0 Å². The average molecular weight is 186 g/mol. The van der Waals surface area contributed by atoms with Crippen molar-refractivity contribution in [2.45, 2.75) is 13.3 Å². The normalized spacial score (nSPS) is 10.2. The van der Waals surface area contributed by atoms with Gasteiger partial charge in [0.25, 0.3) is 6.43 Å². The van der Waals surface area contributed by atoms with Crippen molar-refractivity contribution < 1.29 is 13.2 Å². The Morgan fingerprint density at radius 3 is 2.62 bits per heavy atom. The molecule has 0 saturated heterocycles. The number of rotatable bonds is 1. The van der Waals surface area contributed by atoms with E-state index in [1.54, 1.807) is 0 Å². The second-order valence-electron chi connectivity index (χ2n) is 2.41. The van der Waals surface area contributed by atoms with Gasteiger partial charge in [-0.3, -0.25) is 0 Å². The molecule has 0 radical (unpaired) electrons. The second-order valence-corrected chi connectivity index (χ2v) is 2.41. The van der Waals surface area contributed by atoms with Crippen molar-refractivity contribution in [2.75, 3.05) is 0 Å². The van der Waals surface area contributed by atoms with Crippen LogP contribution in [0.15, 0.2) is 6.20 Å². The van der Waals surface area contributed by atoms with E-state index in [0.717, 1.165) is 6.20 Å². The van der Waals surface area contributed by atoms with Crippen molar-refractivity contribution in [3.05, 3.63) is 28.8 Å². The summed E-state index contributed by atoms with van der Waals surface area (Å²) in [6.07, 6.45) is -2.11. The first kappa shape index (κ1) is 9.52. The van der Waals surface area contributed by atoms with E-state index in [2.05, 4.69) is 4.98 Å². The van der Waals surface area contributed by atoms with Gasteiger partial charge >= 0.3 is 0 Å². The maximum atomic E-state index is 12.8. The summed E-state index contributed by atoms with van der Waals surface area (Å²) in [5.41, 5.74) is -1.27. The number of hydrogen-bond acceptors (Lipinski definition) is 2. The van der Waals surface area contributed by atoms with Crippen molar-refractivity contribution in [1.82, 2.24) is 4.98 Å². The Hall–Kier alpha value is -1.57. The van der Waals surface area contributed by atoms with E-state index in [-0.39, 0.29) is 5.56 Å². The summed E-state index contributed by atoms with van der Waals surface area (Å²) >= 11 is 0. The van der Waals surface area contributed by atoms with Crippen LogP contribution in [0.25, 0.3) is 0 Å². The summed E-state index contributed by atoms with van der Waals surface area (Å²) in [6.45, 7) is 1.19. The van der Waals surface area contributed by atoms with Crippen molar-refractivity contribution in [1.29, 1.82) is 5.26 Å². The summed E-state index contributed by atoms with van der Waals surface area (Å²) in [6, 6.07) is 1.49. The summed E-state index contributed by atoms with van der Waals surface area (Å²) in [4.78, 5) is 3.26. The minimum absolute atomic E-state index is 0.221. The molecular formula is C8H5F3N2. The van der Waals surface area contributed by atoms with Gasteiger partial charge in [0, 0.05) is 0 Å². The first-order chi connectivity index (χ1) is 6.07. The lowest BCUT2D eigenvalue weighted by molar-refractivity contribution is 0.149. The van der Waals surface area contributed by atoms with E-state index < -0.39 is 23.5 Å². The van der Waals surface area contributed by atoms with Crippen LogP contribution in [0, 0.1) is 24.1 Å². The molecule has 0 amide bonds. The molecule has 1 heterocycles. The van der Waals surface area contributed by atoms with Gasteiger partial charge in [-0.05, 0) is 12.5 Å². The van der Waals surface area contributed by atoms with Crippen LogP contribution < -0.4 is 0 Å². The number of pyridine rings is 1. The Labute approximate surface area is 72.6 Å². The Morgan fingerprint density at radius 1 is 1.54 bits per heavy atom. The van der Waals surface area contributed by atoms with Crippen molar-refractivity contribution in [3.63, 3.8) is 0 Å². The molecule has 0 bridgehead atoms. The first-order valence-electron chi connectivity index (χ1n) is 3.41. The van der Waals surface area contributed by atoms with Crippen LogP contribution in [0.3, 0.4) is 0 Å². The highest BCUT2D eigenvalue weighted by Crippen LogP contribution is 2.26. The van der Waals surface area contributed by atoms with Gasteiger partial charge in [0.1, 0.15) is 17.6 Å². The summed E-state index contributed by atoms with van der Waals surface area (Å²) in [7, 11) is 0. The van der Waals surface area contributed by atoms with E-state index in [1.165, 1.54) is 13.0 Å². The monoisotopic (exact) mass is 186 g/mol. The first-order valence-corrected chi connectivity index (χ1v) is 3.41. The molecule has 0 fully saturated rings. The standard InChI is InChI=1S/C8H5F3N2/c1-4-5(9)3-13-6(2-12)7(4)8(10)11/h3,8H,1H3. The highest BCUT2D eigenvalue weighted by Gasteiger charge is 2.19. The number of hydrogen-bond donors (Lipinski definition) is 0. The Morgan fingerprint density at radius 2 is 2.15 bits per heavy atom. The molecule has 0 atom stereocenters. The third-order valence-corrected chi connectivity index (χ3v) is 1.65. The van der Waals surface area contributed by atoms with Crippen LogP contribution in [-0.2, 0) is 0 Å². The summed E-state index contributed by atoms with van der Waals surface area (Å²) in [5.74, 6) is -0.825. The predicted octanol–water partition coefficient (Wildman–Crippen LogP) is 2.34. The molecule has 0 aliphatic rings. The minimum atomic E-state index is -2.88. The number of halogens is 3. The van der Waals surface area contributed by atoms with Crippen molar-refractivity contribution in [2.24, 2.45) is 0 Å². The van der Waals surface area contributed by atoms with E-state index in [1.807, 2.05) is 0 Å². The van der Waals surface area contributed by atoms with Gasteiger partial charge in [-0.2, -0.15) is 5.26 Å². The van der Waals surface area contributed by atoms with Gasteiger partial charge in [0.05, 0.1) is 11.8 Å². The lowest BCUT2D eigenvalue weighted by Crippen LogP contribution is -2.00. The van der Waals surface area contributed by atoms with Gasteiger partial charge in [0.15, 0.2) is 0 Å². The fourth-order valence-electron chi connectivity index (χ4n) is 0.950. The molecule has 0 saturated carbocycles. The molecule has 13 heavy (non-hydrogen) atoms. The predicted molar refractivity (Wildman–Crippen MR) is 38.6 cm³/mol. The zero-order valence-corrected chi connectivity index (χ0v) is 6.68. The third kappa shape index (κ3) is 1.61. The smallest absolute Gasteiger partial charge is 0.242 e. The molecule has 1 aromatic rings. The quantitative estimate of drug-likeness (QED) is 0.674. The molecule has 1 rings (SSSR count). The number of nitrogens with zero attached hydrogens (tertiary/aromatic N) is 2. The largest absolute Gasteiger partial charge is 0.267 e. The van der Waals surface area contributed by atoms with Crippen molar-refractivity contribution >= 4 is 0 Å². The Kier molecular flexibility index (Phi) is 2.52. The van der Waals surface area contributed by atoms with Gasteiger partial charge in [-0.25, -0.2) is 18.2 Å². The average Bonchev–Trinajstić information content (AvgIpc) is 2.08. The summed E-state index contributed by atoms with van der Waals surface area (Å²) < 4.78 is 37.3. The fraction of sp³-hybridized carbons (Fsp3) is 0.250. The molecule has 0 N–H and O–H groups in total. The van der Waals surface area contributed by atoms with Crippen LogP contribution >= 0.6 is 0 Å². The van der Waals surface area contributed by atoms with E-state index in [9.17, 15) is 13.2 Å². The molecule has 0 aliphatic heterocycles. The van der Waals surface area contributed by atoms with Crippen LogP contribution in [0.4, 0.5) is 13.2 Å². The SMILES string of the molecule is Cc1c(F)cnc(C#N)c1C(F)F. The van der Waals surface area contributed by atoms with Gasteiger partial charge in [0.2, 0.25) is 0 Å². The molecule has 0 unspecified atom stereocenters. The fourth-order valence-corrected chi connectivity index (χ4v) is 0.950. The lowest BCUT2D eigenvalue weighted by Gasteiger charge is -2.05. The van der Waals surface area contributed by atoms with Crippen molar-refractivity contribution in [3.8, 4) is 6.07 Å². The summed E-state index contributed by atoms with van der Waals surface area (Å²) in [5, 5.41) is 8.41. The second kappa shape index (κ2) is 3.44. The molecule has 5 heteroatoms. The maximum Gasteiger partial charge on any atom is 0.267 e. The number of alkyl halides is 2. The maximum absolute atomic E-state index is 12.8. The Bertz CT molecular complexity index is 368. The van der Waals surface area contributed by atoms with Gasteiger partial charge in [-0.1, -0.05) is 0 Å².